The maximum Gasteiger partial charge on any atom is 0.337 e. The number of aromatic nitrogens is 1. The van der Waals surface area contributed by atoms with Crippen molar-refractivity contribution in [2.45, 2.75) is 52.5 Å². The number of amides is 1. The average Bonchev–Trinajstić information content (AvgIpc) is 3.33. The highest BCUT2D eigenvalue weighted by Gasteiger charge is 2.20. The number of ether oxygens (including phenoxy) is 1. The van der Waals surface area contributed by atoms with Crippen molar-refractivity contribution >= 4 is 18.0 Å². The molecule has 1 saturated carbocycles. The van der Waals surface area contributed by atoms with Gasteiger partial charge in [-0.1, -0.05) is 18.9 Å². The van der Waals surface area contributed by atoms with Crippen molar-refractivity contribution in [1.29, 1.82) is 5.26 Å². The minimum atomic E-state index is -0.394. The summed E-state index contributed by atoms with van der Waals surface area (Å²) in [5.41, 5.74) is 5.06. The zero-order chi connectivity index (χ0) is 21.8. The van der Waals surface area contributed by atoms with Crippen LogP contribution < -0.4 is 5.32 Å². The zero-order valence-electron chi connectivity index (χ0n) is 17.9. The van der Waals surface area contributed by atoms with Gasteiger partial charge in [-0.2, -0.15) is 5.26 Å². The van der Waals surface area contributed by atoms with Crippen LogP contribution in [0.15, 0.2) is 29.8 Å². The molecule has 6 nitrogen and oxygen atoms in total. The summed E-state index contributed by atoms with van der Waals surface area (Å²) in [5, 5.41) is 12.5. The molecule has 1 aliphatic rings. The lowest BCUT2D eigenvalue weighted by Crippen LogP contribution is -2.33. The number of hydrogen-bond donors (Lipinski definition) is 1. The standard InChI is InChI=1S/C24H27N3O3/c1-15-9-10-18(24(29)30-4)13-22(15)27-16(2)11-19(17(27)3)12-20(14-25)23(28)26-21-7-5-6-8-21/h9-13,21H,5-8H2,1-4H3,(H,26,28)/b20-12-. The number of carbonyl (C=O) groups is 2. The number of esters is 1. The molecule has 1 N–H and O–H groups in total. The molecule has 2 aromatic rings. The monoisotopic (exact) mass is 405 g/mol. The van der Waals surface area contributed by atoms with Crippen LogP contribution in [0, 0.1) is 32.1 Å². The highest BCUT2D eigenvalue weighted by Crippen LogP contribution is 2.26. The first-order valence-electron chi connectivity index (χ1n) is 10.2. The fourth-order valence-corrected chi connectivity index (χ4v) is 4.04. The summed E-state index contributed by atoms with van der Waals surface area (Å²) >= 11 is 0. The average molecular weight is 405 g/mol. The van der Waals surface area contributed by atoms with E-state index >= 15 is 0 Å². The van der Waals surface area contributed by atoms with Gasteiger partial charge in [0.1, 0.15) is 11.6 Å². The van der Waals surface area contributed by atoms with Crippen molar-refractivity contribution in [2.75, 3.05) is 7.11 Å². The third-order valence-corrected chi connectivity index (χ3v) is 5.70. The summed E-state index contributed by atoms with van der Waals surface area (Å²) in [5.74, 6) is -0.716. The third-order valence-electron chi connectivity index (χ3n) is 5.70. The van der Waals surface area contributed by atoms with E-state index in [0.717, 1.165) is 53.9 Å². The molecule has 1 amide bonds. The number of nitrogens with one attached hydrogen (secondary N) is 1. The van der Waals surface area contributed by atoms with E-state index in [1.807, 2.05) is 43.5 Å². The molecule has 156 valence electrons. The predicted octanol–water partition coefficient (Wildman–Crippen LogP) is 4.15. The minimum absolute atomic E-state index is 0.0992. The van der Waals surface area contributed by atoms with Crippen LogP contribution in [0.1, 0.15) is 58.6 Å². The molecule has 0 unspecified atom stereocenters. The number of benzene rings is 1. The highest BCUT2D eigenvalue weighted by atomic mass is 16.5. The Morgan fingerprint density at radius 2 is 1.90 bits per heavy atom. The van der Waals surface area contributed by atoms with Gasteiger partial charge in [-0.25, -0.2) is 4.79 Å². The minimum Gasteiger partial charge on any atom is -0.465 e. The Morgan fingerprint density at radius 3 is 2.53 bits per heavy atom. The lowest BCUT2D eigenvalue weighted by atomic mass is 10.1. The zero-order valence-corrected chi connectivity index (χ0v) is 17.9. The Labute approximate surface area is 177 Å². The van der Waals surface area contributed by atoms with E-state index in [-0.39, 0.29) is 17.5 Å². The predicted molar refractivity (Wildman–Crippen MR) is 115 cm³/mol. The number of methoxy groups -OCH3 is 1. The maximum atomic E-state index is 12.6. The van der Waals surface area contributed by atoms with Crippen molar-refractivity contribution in [3.63, 3.8) is 0 Å². The molecule has 0 aliphatic heterocycles. The van der Waals surface area contributed by atoms with Gasteiger partial charge in [0.25, 0.3) is 5.91 Å². The fraction of sp³-hybridized carbons (Fsp3) is 0.375. The Hall–Kier alpha value is -3.33. The van der Waals surface area contributed by atoms with Gasteiger partial charge in [-0.15, -0.1) is 0 Å². The number of nitrogens with zero attached hydrogens (tertiary/aromatic N) is 2. The second-order valence-electron chi connectivity index (χ2n) is 7.78. The van der Waals surface area contributed by atoms with Gasteiger partial charge in [-0.3, -0.25) is 4.79 Å². The SMILES string of the molecule is COC(=O)c1ccc(C)c(-n2c(C)cc(/C=C(/C#N)C(=O)NC3CCCC3)c2C)c1. The number of hydrogen-bond acceptors (Lipinski definition) is 4. The van der Waals surface area contributed by atoms with Gasteiger partial charge in [0, 0.05) is 23.1 Å². The molecule has 1 aliphatic carbocycles. The van der Waals surface area contributed by atoms with E-state index in [2.05, 4.69) is 5.32 Å². The van der Waals surface area contributed by atoms with Crippen LogP contribution in [0.3, 0.4) is 0 Å². The van der Waals surface area contributed by atoms with Gasteiger partial charge in [-0.05, 0) is 69.0 Å². The van der Waals surface area contributed by atoms with Crippen LogP contribution in [0.5, 0.6) is 0 Å². The number of nitriles is 1. The van der Waals surface area contributed by atoms with Gasteiger partial charge in [0.05, 0.1) is 12.7 Å². The quantitative estimate of drug-likeness (QED) is 0.460. The molecule has 0 spiro atoms. The van der Waals surface area contributed by atoms with Gasteiger partial charge in [0.2, 0.25) is 0 Å². The lowest BCUT2D eigenvalue weighted by Gasteiger charge is -2.14. The van der Waals surface area contributed by atoms with Crippen molar-refractivity contribution < 1.29 is 14.3 Å². The molecule has 30 heavy (non-hydrogen) atoms. The molecule has 0 atom stereocenters. The maximum absolute atomic E-state index is 12.6. The van der Waals surface area contributed by atoms with Crippen LogP contribution in [0.25, 0.3) is 11.8 Å². The normalized spacial score (nSPS) is 14.4. The number of rotatable bonds is 5. The number of aryl methyl sites for hydroxylation is 2. The van der Waals surface area contributed by atoms with E-state index in [1.54, 1.807) is 18.2 Å². The fourth-order valence-electron chi connectivity index (χ4n) is 4.04. The number of carbonyl (C=O) groups excluding carboxylic acids is 2. The van der Waals surface area contributed by atoms with Gasteiger partial charge >= 0.3 is 5.97 Å². The summed E-state index contributed by atoms with van der Waals surface area (Å²) in [7, 11) is 1.36. The van der Waals surface area contributed by atoms with Crippen LogP contribution in [-0.2, 0) is 9.53 Å². The molecule has 0 bridgehead atoms. The van der Waals surface area contributed by atoms with Crippen LogP contribution in [0.2, 0.25) is 0 Å². The lowest BCUT2D eigenvalue weighted by molar-refractivity contribution is -0.117. The Morgan fingerprint density at radius 1 is 1.20 bits per heavy atom. The Kier molecular flexibility index (Phi) is 6.41. The summed E-state index contributed by atoms with van der Waals surface area (Å²) in [6.07, 6.45) is 5.80. The van der Waals surface area contributed by atoms with E-state index in [9.17, 15) is 14.9 Å². The van der Waals surface area contributed by atoms with Crippen LogP contribution >= 0.6 is 0 Å². The molecule has 6 heteroatoms. The third kappa shape index (κ3) is 4.30. The Bertz CT molecular complexity index is 1050. The van der Waals surface area contributed by atoms with Crippen molar-refractivity contribution in [3.05, 3.63) is 57.9 Å². The summed E-state index contributed by atoms with van der Waals surface area (Å²) in [6, 6.07) is 9.56. The second kappa shape index (κ2) is 9.00. The first-order valence-corrected chi connectivity index (χ1v) is 10.2. The van der Waals surface area contributed by atoms with Gasteiger partial charge < -0.3 is 14.6 Å². The molecule has 0 saturated heterocycles. The summed E-state index contributed by atoms with van der Waals surface area (Å²) in [4.78, 5) is 24.5. The first kappa shape index (κ1) is 21.4. The van der Waals surface area contributed by atoms with Crippen molar-refractivity contribution in [1.82, 2.24) is 9.88 Å². The van der Waals surface area contributed by atoms with Crippen molar-refractivity contribution in [3.8, 4) is 11.8 Å². The van der Waals surface area contributed by atoms with E-state index in [4.69, 9.17) is 4.74 Å². The van der Waals surface area contributed by atoms with Crippen molar-refractivity contribution in [2.24, 2.45) is 0 Å². The molecule has 0 radical (unpaired) electrons. The van der Waals surface area contributed by atoms with E-state index in [1.165, 1.54) is 7.11 Å². The van der Waals surface area contributed by atoms with Crippen LogP contribution in [-0.4, -0.2) is 29.6 Å². The first-order chi connectivity index (χ1) is 14.3. The molecule has 1 aromatic heterocycles. The molecular formula is C24H27N3O3. The second-order valence-corrected chi connectivity index (χ2v) is 7.78. The Balaban J connectivity index is 1.97. The van der Waals surface area contributed by atoms with Crippen LogP contribution in [0.4, 0.5) is 0 Å². The highest BCUT2D eigenvalue weighted by molar-refractivity contribution is 6.02. The molecule has 3 rings (SSSR count). The topological polar surface area (TPSA) is 84.1 Å². The molecule has 1 aromatic carbocycles. The molecule has 1 heterocycles. The molecular weight excluding hydrogens is 378 g/mol. The van der Waals surface area contributed by atoms with E-state index < -0.39 is 5.97 Å². The summed E-state index contributed by atoms with van der Waals surface area (Å²) < 4.78 is 6.87. The smallest absolute Gasteiger partial charge is 0.337 e. The summed E-state index contributed by atoms with van der Waals surface area (Å²) in [6.45, 7) is 5.87. The molecule has 1 fully saturated rings. The van der Waals surface area contributed by atoms with E-state index in [0.29, 0.717) is 5.56 Å². The largest absolute Gasteiger partial charge is 0.465 e. The van der Waals surface area contributed by atoms with Gasteiger partial charge in [0.15, 0.2) is 0 Å².